The van der Waals surface area contributed by atoms with Gasteiger partial charge < -0.3 is 5.32 Å². The molecule has 1 N–H and O–H groups in total. The van der Waals surface area contributed by atoms with E-state index in [1.807, 2.05) is 6.07 Å². The summed E-state index contributed by atoms with van der Waals surface area (Å²) in [6, 6.07) is 5.35. The van der Waals surface area contributed by atoms with Gasteiger partial charge in [-0.25, -0.2) is 0 Å². The van der Waals surface area contributed by atoms with Crippen LogP contribution in [0.1, 0.15) is 5.56 Å². The summed E-state index contributed by atoms with van der Waals surface area (Å²) in [5.41, 5.74) is 0.982. The average Bonchev–Trinajstić information content (AvgIpc) is 2.21. The molecule has 0 spiro atoms. The second kappa shape index (κ2) is 6.36. The van der Waals surface area contributed by atoms with E-state index in [9.17, 15) is 4.79 Å². The van der Waals surface area contributed by atoms with E-state index in [1.54, 1.807) is 12.1 Å². The van der Waals surface area contributed by atoms with Gasteiger partial charge in [0.1, 0.15) is 0 Å². The van der Waals surface area contributed by atoms with Crippen molar-refractivity contribution < 1.29 is 4.79 Å². The Labute approximate surface area is 107 Å². The van der Waals surface area contributed by atoms with Gasteiger partial charge in [-0.15, -0.1) is 0 Å². The molecule has 1 aromatic rings. The highest BCUT2D eigenvalue weighted by Gasteiger charge is 2.02. The van der Waals surface area contributed by atoms with Crippen LogP contribution >= 0.6 is 39.1 Å². The van der Waals surface area contributed by atoms with E-state index in [2.05, 4.69) is 21.2 Å². The predicted molar refractivity (Wildman–Crippen MR) is 67.0 cm³/mol. The Balaban J connectivity index is 2.47. The number of hydrogen-bond acceptors (Lipinski definition) is 1. The van der Waals surface area contributed by atoms with Crippen molar-refractivity contribution in [3.05, 3.63) is 33.8 Å². The number of alkyl halides is 1. The van der Waals surface area contributed by atoms with Crippen LogP contribution in [0.25, 0.3) is 0 Å². The van der Waals surface area contributed by atoms with Crippen molar-refractivity contribution in [2.24, 2.45) is 0 Å². The average molecular weight is 311 g/mol. The minimum atomic E-state index is -0.0277. The highest BCUT2D eigenvalue weighted by Crippen LogP contribution is 2.20. The van der Waals surface area contributed by atoms with Gasteiger partial charge in [0.2, 0.25) is 5.91 Å². The third kappa shape index (κ3) is 4.41. The molecule has 0 unspecified atom stereocenters. The minimum absolute atomic E-state index is 0.0277. The minimum Gasteiger partial charge on any atom is -0.355 e. The number of hydrogen-bond donors (Lipinski definition) is 1. The second-order valence-electron chi connectivity index (χ2n) is 2.97. The summed E-state index contributed by atoms with van der Waals surface area (Å²) >= 11 is 14.8. The maximum atomic E-state index is 10.9. The summed E-state index contributed by atoms with van der Waals surface area (Å²) in [6.07, 6.45) is 0.703. The van der Waals surface area contributed by atoms with Crippen LogP contribution in [0.3, 0.4) is 0 Å². The summed E-state index contributed by atoms with van der Waals surface area (Å²) in [4.78, 5) is 10.9. The normalized spacial score (nSPS) is 10.1. The Morgan fingerprint density at radius 1 is 1.40 bits per heavy atom. The van der Waals surface area contributed by atoms with Gasteiger partial charge in [0.15, 0.2) is 0 Å². The molecule has 1 rings (SSSR count). The fraction of sp³-hybridized carbons (Fsp3) is 0.300. The molecule has 82 valence electrons. The van der Waals surface area contributed by atoms with Gasteiger partial charge >= 0.3 is 0 Å². The lowest BCUT2D eigenvalue weighted by atomic mass is 10.1. The number of nitrogens with one attached hydrogen (secondary N) is 1. The van der Waals surface area contributed by atoms with E-state index >= 15 is 0 Å². The summed E-state index contributed by atoms with van der Waals surface area (Å²) in [5.74, 6) is -0.0277. The van der Waals surface area contributed by atoms with Crippen LogP contribution < -0.4 is 5.32 Å². The first-order valence-electron chi connectivity index (χ1n) is 4.40. The molecule has 0 heterocycles. The zero-order valence-corrected chi connectivity index (χ0v) is 11.0. The van der Waals surface area contributed by atoms with Crippen LogP contribution in [0.5, 0.6) is 0 Å². The van der Waals surface area contributed by atoms with Gasteiger partial charge in [-0.1, -0.05) is 45.2 Å². The van der Waals surface area contributed by atoms with Crippen LogP contribution in [-0.2, 0) is 11.2 Å². The van der Waals surface area contributed by atoms with E-state index in [0.717, 1.165) is 5.56 Å². The van der Waals surface area contributed by atoms with Crippen LogP contribution in [0.2, 0.25) is 10.0 Å². The number of carbonyl (C=O) groups excluding carboxylic acids is 1. The molecule has 0 radical (unpaired) electrons. The standard InChI is InChI=1S/C10H10BrCl2NO/c11-6-10(15)14-4-3-7-1-2-8(12)5-9(7)13/h1-2,5H,3-4,6H2,(H,14,15). The molecule has 0 fully saturated rings. The quantitative estimate of drug-likeness (QED) is 0.851. The Hall–Kier alpha value is -0.250. The molecule has 15 heavy (non-hydrogen) atoms. The van der Waals surface area contributed by atoms with Gasteiger partial charge in [0.05, 0.1) is 5.33 Å². The lowest BCUT2D eigenvalue weighted by Gasteiger charge is -2.05. The van der Waals surface area contributed by atoms with Gasteiger partial charge in [-0.2, -0.15) is 0 Å². The van der Waals surface area contributed by atoms with E-state index in [0.29, 0.717) is 28.3 Å². The van der Waals surface area contributed by atoms with E-state index in [-0.39, 0.29) is 5.91 Å². The molecule has 0 saturated carbocycles. The zero-order valence-electron chi connectivity index (χ0n) is 7.90. The molecule has 0 aliphatic heterocycles. The van der Waals surface area contributed by atoms with Crippen molar-refractivity contribution in [3.63, 3.8) is 0 Å². The maximum absolute atomic E-state index is 10.9. The van der Waals surface area contributed by atoms with Gasteiger partial charge in [-0.3, -0.25) is 4.79 Å². The van der Waals surface area contributed by atoms with Gasteiger partial charge in [0.25, 0.3) is 0 Å². The zero-order chi connectivity index (χ0) is 11.3. The first-order valence-corrected chi connectivity index (χ1v) is 6.28. The lowest BCUT2D eigenvalue weighted by molar-refractivity contribution is -0.118. The lowest BCUT2D eigenvalue weighted by Crippen LogP contribution is -2.26. The smallest absolute Gasteiger partial charge is 0.230 e. The molecule has 0 aromatic heterocycles. The third-order valence-corrected chi connectivity index (χ3v) is 2.95. The van der Waals surface area contributed by atoms with Crippen LogP contribution in [-0.4, -0.2) is 17.8 Å². The number of carbonyl (C=O) groups is 1. The highest BCUT2D eigenvalue weighted by molar-refractivity contribution is 9.09. The monoisotopic (exact) mass is 309 g/mol. The van der Waals surface area contributed by atoms with Crippen molar-refractivity contribution in [2.45, 2.75) is 6.42 Å². The Morgan fingerprint density at radius 3 is 2.73 bits per heavy atom. The van der Waals surface area contributed by atoms with Crippen LogP contribution in [0.4, 0.5) is 0 Å². The van der Waals surface area contributed by atoms with Crippen molar-refractivity contribution in [3.8, 4) is 0 Å². The number of benzene rings is 1. The third-order valence-electron chi connectivity index (χ3n) is 1.85. The molecule has 1 amide bonds. The fourth-order valence-corrected chi connectivity index (χ4v) is 1.81. The Morgan fingerprint density at radius 2 is 2.13 bits per heavy atom. The van der Waals surface area contributed by atoms with Gasteiger partial charge in [0, 0.05) is 16.6 Å². The van der Waals surface area contributed by atoms with Gasteiger partial charge in [-0.05, 0) is 24.1 Å². The largest absolute Gasteiger partial charge is 0.355 e. The van der Waals surface area contributed by atoms with Crippen molar-refractivity contribution in [1.29, 1.82) is 0 Å². The van der Waals surface area contributed by atoms with E-state index in [4.69, 9.17) is 23.2 Å². The number of halogens is 3. The van der Waals surface area contributed by atoms with Crippen LogP contribution in [0.15, 0.2) is 18.2 Å². The predicted octanol–water partition coefficient (Wildman–Crippen LogP) is 3.05. The summed E-state index contributed by atoms with van der Waals surface area (Å²) in [5, 5.41) is 4.32. The van der Waals surface area contributed by atoms with E-state index < -0.39 is 0 Å². The molecule has 0 atom stereocenters. The number of amides is 1. The summed E-state index contributed by atoms with van der Waals surface area (Å²) < 4.78 is 0. The van der Waals surface area contributed by atoms with E-state index in [1.165, 1.54) is 0 Å². The Kier molecular flexibility index (Phi) is 5.43. The molecule has 0 aliphatic carbocycles. The van der Waals surface area contributed by atoms with Crippen molar-refractivity contribution in [1.82, 2.24) is 5.32 Å². The maximum Gasteiger partial charge on any atom is 0.230 e. The summed E-state index contributed by atoms with van der Waals surface area (Å²) in [6.45, 7) is 0.575. The molecule has 0 saturated heterocycles. The first kappa shape index (κ1) is 12.8. The molecule has 0 bridgehead atoms. The second-order valence-corrected chi connectivity index (χ2v) is 4.37. The van der Waals surface area contributed by atoms with Crippen molar-refractivity contribution >= 4 is 45.0 Å². The fourth-order valence-electron chi connectivity index (χ4n) is 1.11. The van der Waals surface area contributed by atoms with Crippen LogP contribution in [0, 0.1) is 0 Å². The molecular weight excluding hydrogens is 301 g/mol. The molecule has 5 heteroatoms. The molecule has 0 aliphatic rings. The number of rotatable bonds is 4. The summed E-state index contributed by atoms with van der Waals surface area (Å²) in [7, 11) is 0. The molecule has 1 aromatic carbocycles. The highest BCUT2D eigenvalue weighted by atomic mass is 79.9. The first-order chi connectivity index (χ1) is 7.13. The SMILES string of the molecule is O=C(CBr)NCCc1ccc(Cl)cc1Cl. The van der Waals surface area contributed by atoms with Crippen molar-refractivity contribution in [2.75, 3.05) is 11.9 Å². The molecular formula is C10H10BrCl2NO. The molecule has 2 nitrogen and oxygen atoms in total. The Bertz CT molecular complexity index is 357. The topological polar surface area (TPSA) is 29.1 Å².